The summed E-state index contributed by atoms with van der Waals surface area (Å²) in [5.41, 5.74) is 7.59. The maximum atomic E-state index is 11.8. The second kappa shape index (κ2) is 7.63. The van der Waals surface area contributed by atoms with Crippen LogP contribution in [0.2, 0.25) is 0 Å². The Labute approximate surface area is 136 Å². The minimum absolute atomic E-state index is 0.229. The molecule has 0 fully saturated rings. The molecule has 2 N–H and O–H groups in total. The summed E-state index contributed by atoms with van der Waals surface area (Å²) in [6, 6.07) is 9.81. The van der Waals surface area contributed by atoms with Gasteiger partial charge in [0.1, 0.15) is 5.76 Å². The van der Waals surface area contributed by atoms with E-state index in [9.17, 15) is 9.59 Å². The normalized spacial score (nSPS) is 10.6. The third-order valence-corrected chi connectivity index (χ3v) is 3.71. The molecule has 1 aromatic carbocycles. The molecule has 0 saturated carbocycles. The summed E-state index contributed by atoms with van der Waals surface area (Å²) in [5.74, 6) is 0.397. The van der Waals surface area contributed by atoms with Crippen LogP contribution in [0, 0.1) is 6.92 Å². The van der Waals surface area contributed by atoms with E-state index in [1.807, 2.05) is 12.1 Å². The van der Waals surface area contributed by atoms with Gasteiger partial charge in [-0.25, -0.2) is 0 Å². The molecule has 0 bridgehead atoms. The molecule has 0 atom stereocenters. The number of amides is 2. The summed E-state index contributed by atoms with van der Waals surface area (Å²) in [6.07, 6.45) is 2.38. The van der Waals surface area contributed by atoms with Crippen molar-refractivity contribution in [2.24, 2.45) is 0 Å². The fraction of sp³-hybridized carbons (Fsp3) is 0.333. The molecule has 0 aliphatic heterocycles. The van der Waals surface area contributed by atoms with Gasteiger partial charge in [0.15, 0.2) is 0 Å². The van der Waals surface area contributed by atoms with Gasteiger partial charge in [-0.15, -0.1) is 0 Å². The molecule has 2 rings (SSSR count). The van der Waals surface area contributed by atoms with Crippen LogP contribution in [0.3, 0.4) is 0 Å². The number of carbonyl (C=O) groups excluding carboxylic acids is 2. The second-order valence-corrected chi connectivity index (χ2v) is 5.79. The topological polar surface area (TPSA) is 71.3 Å². The van der Waals surface area contributed by atoms with Crippen molar-refractivity contribution in [1.82, 2.24) is 10.9 Å². The zero-order valence-corrected chi connectivity index (χ0v) is 13.7. The Morgan fingerprint density at radius 3 is 2.35 bits per heavy atom. The molecule has 0 aliphatic carbocycles. The van der Waals surface area contributed by atoms with E-state index < -0.39 is 0 Å². The Balaban J connectivity index is 1.77. The van der Waals surface area contributed by atoms with Crippen molar-refractivity contribution in [2.45, 2.75) is 39.5 Å². The molecule has 5 nitrogen and oxygen atoms in total. The zero-order valence-electron chi connectivity index (χ0n) is 13.7. The Morgan fingerprint density at radius 2 is 1.78 bits per heavy atom. The summed E-state index contributed by atoms with van der Waals surface area (Å²) in [6.45, 7) is 5.98. The highest BCUT2D eigenvalue weighted by molar-refractivity contribution is 5.96. The van der Waals surface area contributed by atoms with E-state index in [1.165, 1.54) is 11.8 Å². The lowest BCUT2D eigenvalue weighted by molar-refractivity contribution is -0.121. The third kappa shape index (κ3) is 4.71. The van der Waals surface area contributed by atoms with Crippen molar-refractivity contribution in [1.29, 1.82) is 0 Å². The molecule has 0 radical (unpaired) electrons. The van der Waals surface area contributed by atoms with Gasteiger partial charge in [0.25, 0.3) is 5.91 Å². The Hall–Kier alpha value is -2.56. The number of furan rings is 1. The van der Waals surface area contributed by atoms with E-state index >= 15 is 0 Å². The molecular weight excluding hydrogens is 292 g/mol. The van der Waals surface area contributed by atoms with Crippen LogP contribution >= 0.6 is 0 Å². The Kier molecular flexibility index (Phi) is 5.57. The van der Waals surface area contributed by atoms with Crippen molar-refractivity contribution in [3.63, 3.8) is 0 Å². The predicted molar refractivity (Wildman–Crippen MR) is 87.9 cm³/mol. The van der Waals surface area contributed by atoms with Crippen LogP contribution in [0.1, 0.15) is 53.4 Å². The molecule has 5 heteroatoms. The van der Waals surface area contributed by atoms with Crippen LogP contribution in [-0.4, -0.2) is 11.8 Å². The highest BCUT2D eigenvalue weighted by Crippen LogP contribution is 2.15. The first-order valence-corrected chi connectivity index (χ1v) is 7.69. The predicted octanol–water partition coefficient (Wildman–Crippen LogP) is 3.11. The van der Waals surface area contributed by atoms with Crippen molar-refractivity contribution < 1.29 is 14.0 Å². The molecule has 0 saturated heterocycles. The monoisotopic (exact) mass is 314 g/mol. The maximum Gasteiger partial charge on any atom is 0.273 e. The van der Waals surface area contributed by atoms with E-state index in [-0.39, 0.29) is 11.8 Å². The fourth-order valence-corrected chi connectivity index (χ4v) is 2.20. The average Bonchev–Trinajstić information content (AvgIpc) is 2.97. The Bertz CT molecular complexity index is 672. The smallest absolute Gasteiger partial charge is 0.273 e. The van der Waals surface area contributed by atoms with Crippen LogP contribution in [0.4, 0.5) is 0 Å². The lowest BCUT2D eigenvalue weighted by atomic mass is 10.0. The number of hydrazine groups is 1. The molecule has 2 aromatic rings. The van der Waals surface area contributed by atoms with E-state index in [0.29, 0.717) is 30.1 Å². The summed E-state index contributed by atoms with van der Waals surface area (Å²) >= 11 is 0. The van der Waals surface area contributed by atoms with E-state index in [0.717, 1.165) is 5.56 Å². The first-order valence-electron chi connectivity index (χ1n) is 7.69. The first kappa shape index (κ1) is 16.8. The molecule has 1 heterocycles. The van der Waals surface area contributed by atoms with Crippen LogP contribution in [0.5, 0.6) is 0 Å². The van der Waals surface area contributed by atoms with Gasteiger partial charge < -0.3 is 4.42 Å². The number of rotatable bonds is 5. The number of nitrogens with one attached hydrogen (secondary N) is 2. The van der Waals surface area contributed by atoms with Crippen molar-refractivity contribution in [3.8, 4) is 0 Å². The van der Waals surface area contributed by atoms with Crippen LogP contribution in [0.25, 0.3) is 0 Å². The van der Waals surface area contributed by atoms with Gasteiger partial charge in [-0.1, -0.05) is 38.1 Å². The van der Waals surface area contributed by atoms with Gasteiger partial charge in [0, 0.05) is 6.42 Å². The highest BCUT2D eigenvalue weighted by Gasteiger charge is 2.12. The van der Waals surface area contributed by atoms with E-state index in [4.69, 9.17) is 4.42 Å². The molecule has 23 heavy (non-hydrogen) atoms. The summed E-state index contributed by atoms with van der Waals surface area (Å²) in [5, 5.41) is 0. The van der Waals surface area contributed by atoms with Crippen LogP contribution in [0.15, 0.2) is 41.0 Å². The maximum absolute atomic E-state index is 11.8. The van der Waals surface area contributed by atoms with Gasteiger partial charge in [0.2, 0.25) is 5.91 Å². The quantitative estimate of drug-likeness (QED) is 0.833. The minimum atomic E-state index is -0.383. The SMILES string of the molecule is Cc1occc1C(=O)NNC(=O)CCc1ccc(C(C)C)cc1. The molecule has 0 unspecified atom stereocenters. The Morgan fingerprint density at radius 1 is 1.09 bits per heavy atom. The largest absolute Gasteiger partial charge is 0.469 e. The van der Waals surface area contributed by atoms with Gasteiger partial charge >= 0.3 is 0 Å². The highest BCUT2D eigenvalue weighted by atomic mass is 16.3. The van der Waals surface area contributed by atoms with Gasteiger partial charge in [-0.2, -0.15) is 0 Å². The third-order valence-electron chi connectivity index (χ3n) is 3.71. The average molecular weight is 314 g/mol. The van der Waals surface area contributed by atoms with Gasteiger partial charge in [-0.05, 0) is 36.5 Å². The van der Waals surface area contributed by atoms with Crippen molar-refractivity contribution in [2.75, 3.05) is 0 Å². The number of hydrogen-bond donors (Lipinski definition) is 2. The lowest BCUT2D eigenvalue weighted by Crippen LogP contribution is -2.41. The standard InChI is InChI=1S/C18H22N2O3/c1-12(2)15-7-4-14(5-8-15)6-9-17(21)19-20-18(22)16-10-11-23-13(16)3/h4-5,7-8,10-12H,6,9H2,1-3H3,(H,19,21)(H,20,22). The van der Waals surface area contributed by atoms with Gasteiger partial charge in [-0.3, -0.25) is 20.4 Å². The van der Waals surface area contributed by atoms with Crippen molar-refractivity contribution >= 4 is 11.8 Å². The first-order chi connectivity index (χ1) is 11.0. The zero-order chi connectivity index (χ0) is 16.8. The molecule has 0 spiro atoms. The molecular formula is C18H22N2O3. The molecule has 2 amide bonds. The summed E-state index contributed by atoms with van der Waals surface area (Å²) in [7, 11) is 0. The number of benzene rings is 1. The minimum Gasteiger partial charge on any atom is -0.469 e. The molecule has 0 aliphatic rings. The van der Waals surface area contributed by atoms with Gasteiger partial charge in [0.05, 0.1) is 11.8 Å². The van der Waals surface area contributed by atoms with Crippen LogP contribution < -0.4 is 10.9 Å². The molecule has 1 aromatic heterocycles. The molecule has 122 valence electrons. The number of carbonyl (C=O) groups is 2. The van der Waals surface area contributed by atoms with Crippen molar-refractivity contribution in [3.05, 3.63) is 59.0 Å². The lowest BCUT2D eigenvalue weighted by Gasteiger charge is -2.08. The summed E-state index contributed by atoms with van der Waals surface area (Å²) < 4.78 is 5.05. The number of hydrogen-bond acceptors (Lipinski definition) is 3. The fourth-order valence-electron chi connectivity index (χ4n) is 2.20. The summed E-state index contributed by atoms with van der Waals surface area (Å²) in [4.78, 5) is 23.6. The number of aryl methyl sites for hydroxylation is 2. The second-order valence-electron chi connectivity index (χ2n) is 5.79. The van der Waals surface area contributed by atoms with E-state index in [1.54, 1.807) is 13.0 Å². The van der Waals surface area contributed by atoms with E-state index in [2.05, 4.69) is 36.8 Å². The van der Waals surface area contributed by atoms with Crippen LogP contribution in [-0.2, 0) is 11.2 Å².